The number of aliphatic hydroxyl groups is 1. The smallest absolute Gasteiger partial charge is 0.265 e. The normalized spacial score (nSPS) is 42.4. The molecule has 104 valence electrons. The van der Waals surface area contributed by atoms with E-state index in [1.807, 2.05) is 5.43 Å². The Morgan fingerprint density at radius 3 is 2.56 bits per heavy atom. The Morgan fingerprint density at radius 2 is 2.00 bits per heavy atom. The molecule has 2 saturated heterocycles. The van der Waals surface area contributed by atoms with E-state index in [2.05, 4.69) is 0 Å². The van der Waals surface area contributed by atoms with E-state index < -0.39 is 42.4 Å². The van der Waals surface area contributed by atoms with Gasteiger partial charge in [0.25, 0.3) is 5.91 Å². The maximum Gasteiger partial charge on any atom is 0.265 e. The van der Waals surface area contributed by atoms with Crippen molar-refractivity contribution in [2.24, 2.45) is 5.84 Å². The Balaban J connectivity index is 2.21. The Morgan fingerprint density at radius 1 is 1.39 bits per heavy atom. The second-order valence-corrected chi connectivity index (χ2v) is 4.72. The van der Waals surface area contributed by atoms with Crippen molar-refractivity contribution in [1.29, 1.82) is 0 Å². The largest absolute Gasteiger partial charge is 0.387 e. The quantitative estimate of drug-likeness (QED) is 0.306. The SMILES string of the molecule is CO[C@H]1O[C@H](C(=O)NN)[C@@H](O)[C@@H]2OC(C)(C)O[C@H]12. The van der Waals surface area contributed by atoms with Crippen LogP contribution in [0.4, 0.5) is 0 Å². The van der Waals surface area contributed by atoms with E-state index >= 15 is 0 Å². The van der Waals surface area contributed by atoms with Crippen molar-refractivity contribution < 1.29 is 28.8 Å². The van der Waals surface area contributed by atoms with E-state index in [1.54, 1.807) is 13.8 Å². The molecule has 0 unspecified atom stereocenters. The third kappa shape index (κ3) is 2.22. The molecule has 2 heterocycles. The van der Waals surface area contributed by atoms with Gasteiger partial charge in [-0.25, -0.2) is 5.84 Å². The summed E-state index contributed by atoms with van der Waals surface area (Å²) in [5.41, 5.74) is 1.93. The molecule has 0 saturated carbocycles. The first-order chi connectivity index (χ1) is 8.39. The summed E-state index contributed by atoms with van der Waals surface area (Å²) >= 11 is 0. The number of carbonyl (C=O) groups excluding carboxylic acids is 1. The van der Waals surface area contributed by atoms with Gasteiger partial charge in [-0.2, -0.15) is 0 Å². The number of nitrogens with one attached hydrogen (secondary N) is 1. The summed E-state index contributed by atoms with van der Waals surface area (Å²) < 4.78 is 21.6. The van der Waals surface area contributed by atoms with Crippen LogP contribution in [-0.2, 0) is 23.7 Å². The zero-order valence-corrected chi connectivity index (χ0v) is 10.5. The molecule has 2 rings (SSSR count). The molecule has 8 nitrogen and oxygen atoms in total. The van der Waals surface area contributed by atoms with Crippen LogP contribution in [0.1, 0.15) is 13.8 Å². The van der Waals surface area contributed by atoms with Crippen LogP contribution in [0.5, 0.6) is 0 Å². The minimum Gasteiger partial charge on any atom is -0.387 e. The first kappa shape index (κ1) is 13.7. The zero-order chi connectivity index (χ0) is 13.5. The first-order valence-corrected chi connectivity index (χ1v) is 5.62. The van der Waals surface area contributed by atoms with Crippen molar-refractivity contribution in [1.82, 2.24) is 5.43 Å². The number of hydrazine groups is 1. The summed E-state index contributed by atoms with van der Waals surface area (Å²) in [7, 11) is 1.42. The summed E-state index contributed by atoms with van der Waals surface area (Å²) in [4.78, 5) is 11.5. The Bertz CT molecular complexity index is 336. The van der Waals surface area contributed by atoms with Crippen molar-refractivity contribution in [3.63, 3.8) is 0 Å². The fourth-order valence-electron chi connectivity index (χ4n) is 2.26. The van der Waals surface area contributed by atoms with Crippen LogP contribution >= 0.6 is 0 Å². The highest BCUT2D eigenvalue weighted by Gasteiger charge is 2.56. The van der Waals surface area contributed by atoms with Crippen LogP contribution in [0.15, 0.2) is 0 Å². The van der Waals surface area contributed by atoms with Gasteiger partial charge in [0.2, 0.25) is 0 Å². The molecule has 0 bridgehead atoms. The number of rotatable bonds is 2. The van der Waals surface area contributed by atoms with Gasteiger partial charge in [-0.1, -0.05) is 0 Å². The molecule has 8 heteroatoms. The van der Waals surface area contributed by atoms with E-state index in [0.717, 1.165) is 0 Å². The minimum atomic E-state index is -1.17. The fourth-order valence-corrected chi connectivity index (χ4v) is 2.26. The lowest BCUT2D eigenvalue weighted by Crippen LogP contribution is -2.61. The zero-order valence-electron chi connectivity index (χ0n) is 10.5. The second kappa shape index (κ2) is 4.72. The molecule has 0 radical (unpaired) electrons. The van der Waals surface area contributed by atoms with Crippen molar-refractivity contribution in [2.75, 3.05) is 7.11 Å². The molecule has 1 amide bonds. The van der Waals surface area contributed by atoms with E-state index in [0.29, 0.717) is 0 Å². The predicted molar refractivity (Wildman–Crippen MR) is 57.8 cm³/mol. The molecule has 5 atom stereocenters. The van der Waals surface area contributed by atoms with Gasteiger partial charge >= 0.3 is 0 Å². The molecular weight excluding hydrogens is 244 g/mol. The van der Waals surface area contributed by atoms with E-state index in [-0.39, 0.29) is 0 Å². The van der Waals surface area contributed by atoms with Crippen LogP contribution < -0.4 is 11.3 Å². The van der Waals surface area contributed by atoms with Crippen LogP contribution in [0.3, 0.4) is 0 Å². The lowest BCUT2D eigenvalue weighted by molar-refractivity contribution is -0.261. The van der Waals surface area contributed by atoms with Gasteiger partial charge in [0.1, 0.15) is 18.3 Å². The molecule has 18 heavy (non-hydrogen) atoms. The van der Waals surface area contributed by atoms with Crippen LogP contribution in [0.25, 0.3) is 0 Å². The summed E-state index contributed by atoms with van der Waals surface area (Å²) in [6.07, 6.45) is -4.43. The van der Waals surface area contributed by atoms with Crippen LogP contribution in [-0.4, -0.2) is 54.6 Å². The number of aliphatic hydroxyl groups excluding tert-OH is 1. The third-order valence-corrected chi connectivity index (χ3v) is 2.99. The minimum absolute atomic E-state index is 0.596. The molecule has 0 aromatic rings. The molecule has 2 aliphatic heterocycles. The fraction of sp³-hybridized carbons (Fsp3) is 0.900. The van der Waals surface area contributed by atoms with Crippen molar-refractivity contribution >= 4 is 5.91 Å². The highest BCUT2D eigenvalue weighted by atomic mass is 16.8. The van der Waals surface area contributed by atoms with Gasteiger partial charge in [-0.15, -0.1) is 0 Å². The van der Waals surface area contributed by atoms with Gasteiger partial charge in [-0.05, 0) is 13.8 Å². The van der Waals surface area contributed by atoms with Crippen molar-refractivity contribution in [3.8, 4) is 0 Å². The average molecular weight is 262 g/mol. The summed E-state index contributed by atoms with van der Waals surface area (Å²) in [6, 6.07) is 0. The van der Waals surface area contributed by atoms with E-state index in [9.17, 15) is 9.90 Å². The maximum atomic E-state index is 11.5. The second-order valence-electron chi connectivity index (χ2n) is 4.72. The number of ether oxygens (including phenoxy) is 4. The lowest BCUT2D eigenvalue weighted by Gasteiger charge is -2.38. The molecule has 0 aromatic carbocycles. The lowest BCUT2D eigenvalue weighted by atomic mass is 9.98. The average Bonchev–Trinajstić information content (AvgIpc) is 2.65. The van der Waals surface area contributed by atoms with Crippen molar-refractivity contribution in [3.05, 3.63) is 0 Å². The van der Waals surface area contributed by atoms with Crippen molar-refractivity contribution in [2.45, 2.75) is 50.3 Å². The Kier molecular flexibility index (Phi) is 3.58. The topological polar surface area (TPSA) is 112 Å². The van der Waals surface area contributed by atoms with Gasteiger partial charge in [-0.3, -0.25) is 10.2 Å². The van der Waals surface area contributed by atoms with Crippen LogP contribution in [0.2, 0.25) is 0 Å². The Hall–Kier alpha value is -0.770. The first-order valence-electron chi connectivity index (χ1n) is 5.62. The number of nitrogens with two attached hydrogens (primary N) is 1. The molecule has 0 spiro atoms. The van der Waals surface area contributed by atoms with Crippen LogP contribution in [0, 0.1) is 0 Å². The Labute approximate surface area is 104 Å². The standard InChI is InChI=1S/C10H18N2O6/c1-10(2)17-5-4(13)6(8(14)12-11)16-9(15-3)7(5)18-10/h4-7,9,13H,11H2,1-3H3,(H,12,14)/t4-,5-,6-,7-,9-/m0/s1. The van der Waals surface area contributed by atoms with E-state index in [1.165, 1.54) is 7.11 Å². The maximum absolute atomic E-state index is 11.5. The van der Waals surface area contributed by atoms with Gasteiger partial charge in [0.15, 0.2) is 18.2 Å². The van der Waals surface area contributed by atoms with Gasteiger partial charge < -0.3 is 24.1 Å². The molecule has 0 aliphatic carbocycles. The number of hydrogen-bond acceptors (Lipinski definition) is 7. The number of amides is 1. The highest BCUT2D eigenvalue weighted by Crippen LogP contribution is 2.37. The monoisotopic (exact) mass is 262 g/mol. The molecule has 2 fully saturated rings. The number of methoxy groups -OCH3 is 1. The molecule has 2 aliphatic rings. The molecular formula is C10H18N2O6. The summed E-state index contributed by atoms with van der Waals surface area (Å²) in [5.74, 6) is 3.53. The molecule has 0 aromatic heterocycles. The van der Waals surface area contributed by atoms with E-state index in [4.69, 9.17) is 24.8 Å². The summed E-state index contributed by atoms with van der Waals surface area (Å²) in [5, 5.41) is 10.1. The number of hydrogen-bond donors (Lipinski definition) is 3. The predicted octanol–water partition coefficient (Wildman–Crippen LogP) is -1.77. The third-order valence-electron chi connectivity index (χ3n) is 2.99. The van der Waals surface area contributed by atoms with Gasteiger partial charge in [0.05, 0.1) is 0 Å². The number of fused-ring (bicyclic) bond motifs is 1. The highest BCUT2D eigenvalue weighted by molar-refractivity contribution is 5.81. The van der Waals surface area contributed by atoms with Gasteiger partial charge in [0, 0.05) is 7.11 Å². The number of carbonyl (C=O) groups is 1. The molecule has 4 N–H and O–H groups in total. The summed E-state index contributed by atoms with van der Waals surface area (Å²) in [6.45, 7) is 3.42.